The van der Waals surface area contributed by atoms with E-state index in [1.54, 1.807) is 6.07 Å². The summed E-state index contributed by atoms with van der Waals surface area (Å²) in [4.78, 5) is 2.23. The minimum absolute atomic E-state index is 0.239. The SMILES string of the molecule is CC1CC(CN)CN1Cc1cc(C#N)ccc1F. The van der Waals surface area contributed by atoms with Crippen LogP contribution in [-0.4, -0.2) is 24.0 Å². The average Bonchev–Trinajstić information content (AvgIpc) is 2.73. The molecule has 0 spiro atoms. The average molecular weight is 247 g/mol. The van der Waals surface area contributed by atoms with Crippen molar-refractivity contribution in [3.8, 4) is 6.07 Å². The number of nitriles is 1. The largest absolute Gasteiger partial charge is 0.330 e. The van der Waals surface area contributed by atoms with Crippen molar-refractivity contribution in [3.63, 3.8) is 0 Å². The molecule has 0 amide bonds. The van der Waals surface area contributed by atoms with E-state index in [-0.39, 0.29) is 5.82 Å². The van der Waals surface area contributed by atoms with E-state index in [4.69, 9.17) is 11.0 Å². The molecule has 3 nitrogen and oxygen atoms in total. The van der Waals surface area contributed by atoms with Gasteiger partial charge in [-0.05, 0) is 44.0 Å². The topological polar surface area (TPSA) is 53.0 Å². The van der Waals surface area contributed by atoms with Crippen LogP contribution in [-0.2, 0) is 6.54 Å². The minimum atomic E-state index is -0.239. The number of rotatable bonds is 3. The van der Waals surface area contributed by atoms with Crippen LogP contribution >= 0.6 is 0 Å². The zero-order valence-corrected chi connectivity index (χ0v) is 10.6. The van der Waals surface area contributed by atoms with Crippen LogP contribution in [0.2, 0.25) is 0 Å². The van der Waals surface area contributed by atoms with Gasteiger partial charge < -0.3 is 5.73 Å². The first-order valence-electron chi connectivity index (χ1n) is 6.26. The quantitative estimate of drug-likeness (QED) is 0.887. The molecule has 1 aliphatic heterocycles. The zero-order valence-electron chi connectivity index (χ0n) is 10.6. The Morgan fingerprint density at radius 1 is 1.56 bits per heavy atom. The van der Waals surface area contributed by atoms with Crippen molar-refractivity contribution >= 4 is 0 Å². The van der Waals surface area contributed by atoms with E-state index < -0.39 is 0 Å². The van der Waals surface area contributed by atoms with Gasteiger partial charge in [0.15, 0.2) is 0 Å². The highest BCUT2D eigenvalue weighted by molar-refractivity contribution is 5.33. The summed E-state index contributed by atoms with van der Waals surface area (Å²) in [5.41, 5.74) is 6.79. The van der Waals surface area contributed by atoms with Crippen LogP contribution in [0, 0.1) is 23.1 Å². The molecule has 1 aromatic rings. The molecule has 0 aromatic heterocycles. The molecule has 1 fully saturated rings. The Labute approximate surface area is 107 Å². The van der Waals surface area contributed by atoms with Crippen molar-refractivity contribution in [2.75, 3.05) is 13.1 Å². The number of nitrogens with zero attached hydrogens (tertiary/aromatic N) is 2. The molecule has 4 heteroatoms. The number of hydrogen-bond donors (Lipinski definition) is 1. The molecule has 96 valence electrons. The van der Waals surface area contributed by atoms with Gasteiger partial charge in [-0.1, -0.05) is 0 Å². The Hall–Kier alpha value is -1.44. The summed E-state index contributed by atoms with van der Waals surface area (Å²) < 4.78 is 13.7. The summed E-state index contributed by atoms with van der Waals surface area (Å²) in [6.07, 6.45) is 1.07. The zero-order chi connectivity index (χ0) is 13.1. The van der Waals surface area contributed by atoms with Crippen LogP contribution in [0.25, 0.3) is 0 Å². The van der Waals surface area contributed by atoms with E-state index in [2.05, 4.69) is 11.8 Å². The third kappa shape index (κ3) is 2.69. The molecule has 2 atom stereocenters. The van der Waals surface area contributed by atoms with E-state index in [1.807, 2.05) is 6.07 Å². The van der Waals surface area contributed by atoms with Crippen LogP contribution in [0.15, 0.2) is 18.2 Å². The van der Waals surface area contributed by atoms with Gasteiger partial charge in [0.2, 0.25) is 0 Å². The van der Waals surface area contributed by atoms with Gasteiger partial charge in [0, 0.05) is 24.7 Å². The third-order valence-corrected chi connectivity index (χ3v) is 3.67. The number of nitrogens with two attached hydrogens (primary N) is 1. The second kappa shape index (κ2) is 5.47. The Morgan fingerprint density at radius 3 is 2.94 bits per heavy atom. The maximum atomic E-state index is 13.7. The molecule has 18 heavy (non-hydrogen) atoms. The van der Waals surface area contributed by atoms with Gasteiger partial charge in [0.05, 0.1) is 11.6 Å². The molecule has 2 unspecified atom stereocenters. The van der Waals surface area contributed by atoms with Crippen molar-refractivity contribution in [1.82, 2.24) is 4.90 Å². The number of benzene rings is 1. The van der Waals surface area contributed by atoms with Crippen molar-refractivity contribution in [3.05, 3.63) is 35.1 Å². The molecule has 0 saturated carbocycles. The van der Waals surface area contributed by atoms with Crippen LogP contribution < -0.4 is 5.73 Å². The second-order valence-electron chi connectivity index (χ2n) is 5.03. The summed E-state index contributed by atoms with van der Waals surface area (Å²) in [5, 5.41) is 8.84. The van der Waals surface area contributed by atoms with Gasteiger partial charge >= 0.3 is 0 Å². The van der Waals surface area contributed by atoms with Crippen LogP contribution in [0.3, 0.4) is 0 Å². The highest BCUT2D eigenvalue weighted by Crippen LogP contribution is 2.25. The number of halogens is 1. The van der Waals surface area contributed by atoms with Gasteiger partial charge in [0.1, 0.15) is 5.82 Å². The van der Waals surface area contributed by atoms with Gasteiger partial charge in [-0.15, -0.1) is 0 Å². The molecule has 0 radical (unpaired) electrons. The summed E-state index contributed by atoms with van der Waals surface area (Å²) in [7, 11) is 0. The Morgan fingerprint density at radius 2 is 2.33 bits per heavy atom. The van der Waals surface area contributed by atoms with Crippen molar-refractivity contribution in [2.45, 2.75) is 25.9 Å². The first-order chi connectivity index (χ1) is 8.63. The molecule has 0 aliphatic carbocycles. The van der Waals surface area contributed by atoms with Gasteiger partial charge in [0.25, 0.3) is 0 Å². The van der Waals surface area contributed by atoms with E-state index in [0.29, 0.717) is 36.2 Å². The standard InChI is InChI=1S/C14H18FN3/c1-10-4-12(7-17)8-18(10)9-13-5-11(6-16)2-3-14(13)15/h2-3,5,10,12H,4,7-9,17H2,1H3. The summed E-state index contributed by atoms with van der Waals surface area (Å²) in [5.74, 6) is 0.264. The molecule has 1 heterocycles. The molecule has 2 rings (SSSR count). The number of likely N-dealkylation sites (tertiary alicyclic amines) is 1. The smallest absolute Gasteiger partial charge is 0.127 e. The van der Waals surface area contributed by atoms with E-state index in [0.717, 1.165) is 13.0 Å². The van der Waals surface area contributed by atoms with Crippen LogP contribution in [0.5, 0.6) is 0 Å². The third-order valence-electron chi connectivity index (χ3n) is 3.67. The lowest BCUT2D eigenvalue weighted by molar-refractivity contribution is 0.252. The molecular weight excluding hydrogens is 229 g/mol. The Bertz CT molecular complexity index is 467. The van der Waals surface area contributed by atoms with Crippen molar-refractivity contribution in [1.29, 1.82) is 5.26 Å². The van der Waals surface area contributed by atoms with Crippen LogP contribution in [0.1, 0.15) is 24.5 Å². The second-order valence-corrected chi connectivity index (χ2v) is 5.03. The van der Waals surface area contributed by atoms with E-state index >= 15 is 0 Å². The van der Waals surface area contributed by atoms with Gasteiger partial charge in [-0.3, -0.25) is 4.90 Å². The van der Waals surface area contributed by atoms with Crippen molar-refractivity contribution < 1.29 is 4.39 Å². The maximum absolute atomic E-state index is 13.7. The minimum Gasteiger partial charge on any atom is -0.330 e. The fraction of sp³-hybridized carbons (Fsp3) is 0.500. The monoisotopic (exact) mass is 247 g/mol. The predicted octanol–water partition coefficient (Wildman–Crippen LogP) is 1.87. The first-order valence-corrected chi connectivity index (χ1v) is 6.26. The normalized spacial score (nSPS) is 24.1. The summed E-state index contributed by atoms with van der Waals surface area (Å²) in [6.45, 7) is 4.29. The van der Waals surface area contributed by atoms with E-state index in [9.17, 15) is 4.39 Å². The summed E-state index contributed by atoms with van der Waals surface area (Å²) >= 11 is 0. The number of hydrogen-bond acceptors (Lipinski definition) is 3. The molecular formula is C14H18FN3. The lowest BCUT2D eigenvalue weighted by atomic mass is 10.1. The molecule has 1 saturated heterocycles. The fourth-order valence-corrected chi connectivity index (χ4v) is 2.59. The molecule has 1 aromatic carbocycles. The van der Waals surface area contributed by atoms with Gasteiger partial charge in [-0.25, -0.2) is 4.39 Å². The highest BCUT2D eigenvalue weighted by atomic mass is 19.1. The summed E-state index contributed by atoms with van der Waals surface area (Å²) in [6, 6.07) is 6.98. The van der Waals surface area contributed by atoms with Crippen molar-refractivity contribution in [2.24, 2.45) is 11.7 Å². The lowest BCUT2D eigenvalue weighted by Gasteiger charge is -2.21. The first kappa shape index (κ1) is 13.0. The predicted molar refractivity (Wildman–Crippen MR) is 68.1 cm³/mol. The highest BCUT2D eigenvalue weighted by Gasteiger charge is 2.28. The molecule has 2 N–H and O–H groups in total. The molecule has 0 bridgehead atoms. The fourth-order valence-electron chi connectivity index (χ4n) is 2.59. The Kier molecular flexibility index (Phi) is 3.95. The molecule has 1 aliphatic rings. The van der Waals surface area contributed by atoms with Gasteiger partial charge in [-0.2, -0.15) is 5.26 Å². The Balaban J connectivity index is 2.12. The van der Waals surface area contributed by atoms with E-state index in [1.165, 1.54) is 12.1 Å². The van der Waals surface area contributed by atoms with Crippen LogP contribution in [0.4, 0.5) is 4.39 Å². The maximum Gasteiger partial charge on any atom is 0.127 e. The lowest BCUT2D eigenvalue weighted by Crippen LogP contribution is -2.27.